The first kappa shape index (κ1) is 22.4. The van der Waals surface area contributed by atoms with Gasteiger partial charge < -0.3 is 14.8 Å². The smallest absolute Gasteiger partial charge is 0.422 e. The summed E-state index contributed by atoms with van der Waals surface area (Å²) in [6, 6.07) is 10.2. The van der Waals surface area contributed by atoms with Crippen LogP contribution in [0.5, 0.6) is 11.5 Å². The summed E-state index contributed by atoms with van der Waals surface area (Å²) in [4.78, 5) is 12.3. The monoisotopic (exact) mass is 444 g/mol. The lowest BCUT2D eigenvalue weighted by Crippen LogP contribution is -2.19. The third-order valence-corrected chi connectivity index (χ3v) is 3.98. The molecule has 0 atom stereocenters. The number of ether oxygens (including phenoxy) is 2. The number of anilines is 1. The third kappa shape index (κ3) is 6.59. The van der Waals surface area contributed by atoms with E-state index >= 15 is 0 Å². The van der Waals surface area contributed by atoms with Crippen molar-refractivity contribution in [1.82, 2.24) is 0 Å². The molecule has 1 N–H and O–H groups in total. The van der Waals surface area contributed by atoms with Crippen molar-refractivity contribution in [2.45, 2.75) is 6.18 Å². The molecular formula is C19H13Cl2F3N2O3. The van der Waals surface area contributed by atoms with E-state index in [1.54, 1.807) is 6.07 Å². The number of carbonyl (C=O) groups is 1. The Kier molecular flexibility index (Phi) is 7.37. The number of halogens is 5. The normalized spacial score (nSPS) is 11.6. The summed E-state index contributed by atoms with van der Waals surface area (Å²) in [5, 5.41) is 12.3. The van der Waals surface area contributed by atoms with E-state index in [9.17, 15) is 23.2 Å². The number of benzene rings is 2. The van der Waals surface area contributed by atoms with Gasteiger partial charge in [-0.15, -0.1) is 0 Å². The minimum absolute atomic E-state index is 0.0152. The van der Waals surface area contributed by atoms with Gasteiger partial charge in [0.15, 0.2) is 18.1 Å². The number of nitriles is 1. The number of hydrogen-bond acceptors (Lipinski definition) is 4. The quantitative estimate of drug-likeness (QED) is 0.472. The van der Waals surface area contributed by atoms with E-state index in [1.165, 1.54) is 49.6 Å². The van der Waals surface area contributed by atoms with Crippen LogP contribution in [0, 0.1) is 11.3 Å². The highest BCUT2D eigenvalue weighted by Crippen LogP contribution is 2.31. The van der Waals surface area contributed by atoms with Crippen LogP contribution < -0.4 is 14.8 Å². The average Bonchev–Trinajstić information content (AvgIpc) is 2.66. The van der Waals surface area contributed by atoms with Gasteiger partial charge in [-0.3, -0.25) is 4.79 Å². The van der Waals surface area contributed by atoms with Gasteiger partial charge in [-0.2, -0.15) is 18.4 Å². The van der Waals surface area contributed by atoms with Gasteiger partial charge in [-0.25, -0.2) is 0 Å². The molecule has 0 aliphatic rings. The summed E-state index contributed by atoms with van der Waals surface area (Å²) in [6.45, 7) is -1.48. The van der Waals surface area contributed by atoms with Crippen LogP contribution in [0.4, 0.5) is 18.9 Å². The fourth-order valence-electron chi connectivity index (χ4n) is 2.15. The van der Waals surface area contributed by atoms with Crippen molar-refractivity contribution in [3.05, 3.63) is 57.6 Å². The third-order valence-electron chi connectivity index (χ3n) is 3.43. The molecule has 29 heavy (non-hydrogen) atoms. The van der Waals surface area contributed by atoms with Crippen LogP contribution in [-0.2, 0) is 4.79 Å². The summed E-state index contributed by atoms with van der Waals surface area (Å²) in [6.07, 6.45) is -3.26. The lowest BCUT2D eigenvalue weighted by molar-refractivity contribution is -0.153. The Morgan fingerprint density at radius 1 is 1.21 bits per heavy atom. The van der Waals surface area contributed by atoms with Gasteiger partial charge in [0, 0.05) is 5.02 Å². The number of methoxy groups -OCH3 is 1. The molecule has 0 aliphatic heterocycles. The predicted molar refractivity (Wildman–Crippen MR) is 103 cm³/mol. The van der Waals surface area contributed by atoms with Crippen molar-refractivity contribution < 1.29 is 27.4 Å². The molecule has 0 aromatic heterocycles. The Morgan fingerprint density at radius 2 is 1.93 bits per heavy atom. The number of nitrogens with one attached hydrogen (secondary N) is 1. The largest absolute Gasteiger partial charge is 0.493 e. The van der Waals surface area contributed by atoms with E-state index in [-0.39, 0.29) is 27.8 Å². The number of rotatable bonds is 6. The molecule has 0 bridgehead atoms. The van der Waals surface area contributed by atoms with Crippen molar-refractivity contribution in [3.8, 4) is 17.6 Å². The number of amides is 1. The number of carbonyl (C=O) groups excluding carboxylic acids is 1. The van der Waals surface area contributed by atoms with E-state index in [0.717, 1.165) is 0 Å². The summed E-state index contributed by atoms with van der Waals surface area (Å²) >= 11 is 11.8. The molecule has 0 saturated carbocycles. The highest BCUT2D eigenvalue weighted by atomic mass is 35.5. The maximum Gasteiger partial charge on any atom is 0.422 e. The molecule has 2 aromatic carbocycles. The van der Waals surface area contributed by atoms with Gasteiger partial charge in [0.05, 0.1) is 17.8 Å². The molecule has 10 heteroatoms. The molecule has 0 fully saturated rings. The summed E-state index contributed by atoms with van der Waals surface area (Å²) < 4.78 is 46.7. The maximum atomic E-state index is 12.3. The molecule has 0 radical (unpaired) electrons. The van der Waals surface area contributed by atoms with Gasteiger partial charge in [0.1, 0.15) is 11.6 Å². The average molecular weight is 445 g/mol. The highest BCUT2D eigenvalue weighted by molar-refractivity contribution is 6.36. The molecule has 1 amide bonds. The first-order chi connectivity index (χ1) is 13.6. The summed E-state index contributed by atoms with van der Waals surface area (Å²) in [7, 11) is 1.25. The Balaban J connectivity index is 2.23. The molecule has 2 rings (SSSR count). The van der Waals surface area contributed by atoms with Crippen molar-refractivity contribution in [2.75, 3.05) is 19.0 Å². The molecule has 0 spiro atoms. The fourth-order valence-corrected chi connectivity index (χ4v) is 2.60. The lowest BCUT2D eigenvalue weighted by atomic mass is 10.1. The standard InChI is InChI=1S/C19H13Cl2F3N2O3/c1-28-17-7-11(2-5-16(17)29-10-19(22,23)24)6-12(9-25)18(27)26-15-4-3-13(20)8-14(15)21/h2-8H,10H2,1H3,(H,26,27)/b12-6-. The van der Waals surface area contributed by atoms with E-state index in [0.29, 0.717) is 10.6 Å². The zero-order chi connectivity index (χ0) is 21.6. The van der Waals surface area contributed by atoms with Crippen molar-refractivity contribution in [3.63, 3.8) is 0 Å². The zero-order valence-electron chi connectivity index (χ0n) is 14.8. The second-order valence-electron chi connectivity index (χ2n) is 5.56. The van der Waals surface area contributed by atoms with Crippen LogP contribution in [0.25, 0.3) is 6.08 Å². The minimum Gasteiger partial charge on any atom is -0.493 e. The molecule has 0 unspecified atom stereocenters. The van der Waals surface area contributed by atoms with Gasteiger partial charge >= 0.3 is 6.18 Å². The number of nitrogens with zero attached hydrogens (tertiary/aromatic N) is 1. The van der Waals surface area contributed by atoms with E-state index in [2.05, 4.69) is 10.1 Å². The first-order valence-electron chi connectivity index (χ1n) is 7.88. The van der Waals surface area contributed by atoms with E-state index < -0.39 is 18.7 Å². The Labute approximate surface area is 174 Å². The summed E-state index contributed by atoms with van der Waals surface area (Å²) in [5.74, 6) is -0.840. The molecule has 5 nitrogen and oxygen atoms in total. The molecule has 0 aliphatic carbocycles. The molecule has 2 aromatic rings. The van der Waals surface area contributed by atoms with Crippen LogP contribution >= 0.6 is 23.2 Å². The number of hydrogen-bond donors (Lipinski definition) is 1. The second kappa shape index (κ2) is 9.54. The molecule has 152 valence electrons. The first-order valence-corrected chi connectivity index (χ1v) is 8.64. The van der Waals surface area contributed by atoms with Crippen LogP contribution in [0.2, 0.25) is 10.0 Å². The molecule has 0 heterocycles. The lowest BCUT2D eigenvalue weighted by Gasteiger charge is -2.13. The van der Waals surface area contributed by atoms with Crippen molar-refractivity contribution >= 4 is 40.9 Å². The van der Waals surface area contributed by atoms with Gasteiger partial charge in [0.25, 0.3) is 5.91 Å². The predicted octanol–water partition coefficient (Wildman–Crippen LogP) is 5.49. The summed E-state index contributed by atoms with van der Waals surface area (Å²) in [5.41, 5.74) is 0.341. The van der Waals surface area contributed by atoms with E-state index in [1.807, 2.05) is 0 Å². The number of alkyl halides is 3. The van der Waals surface area contributed by atoms with Crippen LogP contribution in [0.15, 0.2) is 42.0 Å². The second-order valence-corrected chi connectivity index (χ2v) is 6.41. The van der Waals surface area contributed by atoms with Crippen molar-refractivity contribution in [1.29, 1.82) is 5.26 Å². The van der Waals surface area contributed by atoms with Crippen LogP contribution in [0.3, 0.4) is 0 Å². The Bertz CT molecular complexity index is 986. The molecular weight excluding hydrogens is 432 g/mol. The SMILES string of the molecule is COc1cc(/C=C(/C#N)C(=O)Nc2ccc(Cl)cc2Cl)ccc1OCC(F)(F)F. The van der Waals surface area contributed by atoms with Gasteiger partial charge in [0.2, 0.25) is 0 Å². The zero-order valence-corrected chi connectivity index (χ0v) is 16.3. The van der Waals surface area contributed by atoms with Crippen LogP contribution in [0.1, 0.15) is 5.56 Å². The van der Waals surface area contributed by atoms with Crippen molar-refractivity contribution in [2.24, 2.45) is 0 Å². The Morgan fingerprint density at radius 3 is 2.52 bits per heavy atom. The highest BCUT2D eigenvalue weighted by Gasteiger charge is 2.29. The van der Waals surface area contributed by atoms with Gasteiger partial charge in [-0.1, -0.05) is 29.3 Å². The molecule has 0 saturated heterocycles. The minimum atomic E-state index is -4.50. The topological polar surface area (TPSA) is 71.3 Å². The van der Waals surface area contributed by atoms with Crippen LogP contribution in [-0.4, -0.2) is 25.8 Å². The fraction of sp³-hybridized carbons (Fsp3) is 0.158. The maximum absolute atomic E-state index is 12.3. The Hall–Kier alpha value is -2.89. The van der Waals surface area contributed by atoms with E-state index in [4.69, 9.17) is 27.9 Å². The van der Waals surface area contributed by atoms with Gasteiger partial charge in [-0.05, 0) is 42.0 Å².